The van der Waals surface area contributed by atoms with Crippen LogP contribution in [0.4, 0.5) is 15.2 Å². The largest absolute Gasteiger partial charge is 0.497 e. The number of thiazole rings is 1. The van der Waals surface area contributed by atoms with Crippen LogP contribution in [0.2, 0.25) is 0 Å². The van der Waals surface area contributed by atoms with Crippen LogP contribution in [-0.4, -0.2) is 26.4 Å². The van der Waals surface area contributed by atoms with E-state index >= 15 is 0 Å². The van der Waals surface area contributed by atoms with Crippen LogP contribution in [0.25, 0.3) is 11.3 Å². The zero-order valence-electron chi connectivity index (χ0n) is 17.3. The average Bonchev–Trinajstić information content (AvgIpc) is 3.28. The predicted molar refractivity (Wildman–Crippen MR) is 126 cm³/mol. The smallest absolute Gasteiger partial charge is 0.261 e. The van der Waals surface area contributed by atoms with Crippen molar-refractivity contribution in [3.05, 3.63) is 89.6 Å². The number of methoxy groups -OCH3 is 1. The molecule has 7 nitrogen and oxygen atoms in total. The number of nitrogens with zero attached hydrogens (tertiary/aromatic N) is 1. The van der Waals surface area contributed by atoms with E-state index in [0.29, 0.717) is 10.7 Å². The van der Waals surface area contributed by atoms with Crippen molar-refractivity contribution in [2.45, 2.75) is 4.90 Å². The second-order valence-corrected chi connectivity index (χ2v) is 9.40. The summed E-state index contributed by atoms with van der Waals surface area (Å²) < 4.78 is 45.4. The fraction of sp³-hybridized carbons (Fsp3) is 0.0435. The lowest BCUT2D eigenvalue weighted by Gasteiger charge is -2.09. The van der Waals surface area contributed by atoms with E-state index in [1.54, 1.807) is 7.11 Å². The Balaban J connectivity index is 1.41. The number of halogens is 1. The van der Waals surface area contributed by atoms with Crippen LogP contribution in [0.5, 0.6) is 5.75 Å². The number of anilines is 2. The highest BCUT2D eigenvalue weighted by molar-refractivity contribution is 7.92. The molecule has 3 aromatic carbocycles. The highest BCUT2D eigenvalue weighted by Gasteiger charge is 2.15. The lowest BCUT2D eigenvalue weighted by Crippen LogP contribution is -2.14. The Hall–Kier alpha value is -3.76. The van der Waals surface area contributed by atoms with Crippen molar-refractivity contribution < 1.29 is 22.3 Å². The normalized spacial score (nSPS) is 11.1. The highest BCUT2D eigenvalue weighted by Crippen LogP contribution is 2.27. The number of carbonyl (C=O) groups excluding carboxylic acids is 1. The minimum absolute atomic E-state index is 0.0675. The summed E-state index contributed by atoms with van der Waals surface area (Å²) in [5.74, 6) is -0.162. The van der Waals surface area contributed by atoms with E-state index in [4.69, 9.17) is 4.74 Å². The number of hydrogen-bond acceptors (Lipinski definition) is 6. The van der Waals surface area contributed by atoms with E-state index < -0.39 is 15.8 Å². The number of benzene rings is 3. The number of aromatic nitrogens is 1. The van der Waals surface area contributed by atoms with Gasteiger partial charge < -0.3 is 4.74 Å². The predicted octanol–water partition coefficient (Wildman–Crippen LogP) is 5.01. The molecule has 4 rings (SSSR count). The maximum absolute atomic E-state index is 13.0. The Morgan fingerprint density at radius 2 is 1.64 bits per heavy atom. The maximum Gasteiger partial charge on any atom is 0.261 e. The van der Waals surface area contributed by atoms with Crippen LogP contribution < -0.4 is 14.8 Å². The first-order valence-electron chi connectivity index (χ1n) is 9.64. The van der Waals surface area contributed by atoms with Crippen LogP contribution in [0.1, 0.15) is 10.4 Å². The average molecular weight is 484 g/mol. The molecule has 33 heavy (non-hydrogen) atoms. The Kier molecular flexibility index (Phi) is 6.38. The highest BCUT2D eigenvalue weighted by atomic mass is 32.2. The summed E-state index contributed by atoms with van der Waals surface area (Å²) in [5.41, 5.74) is 2.22. The third kappa shape index (κ3) is 5.36. The molecule has 10 heteroatoms. The molecule has 0 unspecified atom stereocenters. The quantitative estimate of drug-likeness (QED) is 0.385. The number of hydrogen-bond donors (Lipinski definition) is 2. The zero-order chi connectivity index (χ0) is 23.4. The van der Waals surface area contributed by atoms with Crippen molar-refractivity contribution in [1.29, 1.82) is 0 Å². The molecule has 168 valence electrons. The van der Waals surface area contributed by atoms with Crippen molar-refractivity contribution in [3.63, 3.8) is 0 Å². The summed E-state index contributed by atoms with van der Waals surface area (Å²) in [4.78, 5) is 16.9. The molecule has 0 fully saturated rings. The number of sulfonamides is 1. The molecule has 0 spiro atoms. The van der Waals surface area contributed by atoms with E-state index in [-0.39, 0.29) is 16.5 Å². The summed E-state index contributed by atoms with van der Waals surface area (Å²) in [6.45, 7) is 0. The second kappa shape index (κ2) is 9.39. The van der Waals surface area contributed by atoms with Crippen LogP contribution in [0, 0.1) is 5.82 Å². The lowest BCUT2D eigenvalue weighted by molar-refractivity contribution is 0.102. The van der Waals surface area contributed by atoms with Crippen LogP contribution in [-0.2, 0) is 10.0 Å². The number of carbonyl (C=O) groups is 1. The van der Waals surface area contributed by atoms with Gasteiger partial charge in [-0.05, 0) is 72.8 Å². The third-order valence-corrected chi connectivity index (χ3v) is 6.79. The lowest BCUT2D eigenvalue weighted by atomic mass is 10.2. The van der Waals surface area contributed by atoms with Crippen LogP contribution in [0.3, 0.4) is 0 Å². The minimum Gasteiger partial charge on any atom is -0.497 e. The Morgan fingerprint density at radius 1 is 0.970 bits per heavy atom. The molecule has 4 aromatic rings. The number of rotatable bonds is 7. The Bertz CT molecular complexity index is 1370. The van der Waals surface area contributed by atoms with Crippen molar-refractivity contribution >= 4 is 38.1 Å². The standard InChI is InChI=1S/C23H18FN3O4S2/c1-31-19-10-4-15(5-11-19)21-14-32-23(25-21)26-22(28)16-2-8-18(9-3-16)27-33(29,30)20-12-6-17(24)7-13-20/h2-14,27H,1H3,(H,25,26,28). The third-order valence-electron chi connectivity index (χ3n) is 4.63. The molecule has 2 N–H and O–H groups in total. The number of ether oxygens (including phenoxy) is 1. The first kappa shape index (κ1) is 22.4. The fourth-order valence-corrected chi connectivity index (χ4v) is 4.69. The van der Waals surface area contributed by atoms with Gasteiger partial charge in [0.05, 0.1) is 17.7 Å². The molecule has 0 aliphatic rings. The summed E-state index contributed by atoms with van der Waals surface area (Å²) in [5, 5.41) is 5.01. The van der Waals surface area contributed by atoms with Gasteiger partial charge in [-0.3, -0.25) is 14.8 Å². The first-order valence-corrected chi connectivity index (χ1v) is 12.0. The van der Waals surface area contributed by atoms with Crippen molar-refractivity contribution in [3.8, 4) is 17.0 Å². The topological polar surface area (TPSA) is 97.4 Å². The van der Waals surface area contributed by atoms with Gasteiger partial charge in [0.25, 0.3) is 15.9 Å². The van der Waals surface area contributed by atoms with Gasteiger partial charge in [-0.1, -0.05) is 0 Å². The summed E-state index contributed by atoms with van der Waals surface area (Å²) in [6, 6.07) is 17.9. The van der Waals surface area contributed by atoms with Crippen LogP contribution in [0.15, 0.2) is 83.1 Å². The van der Waals surface area contributed by atoms with Gasteiger partial charge in [-0.2, -0.15) is 0 Å². The summed E-state index contributed by atoms with van der Waals surface area (Å²) >= 11 is 1.29. The van der Waals surface area contributed by atoms with Gasteiger partial charge in [-0.25, -0.2) is 17.8 Å². The molecular weight excluding hydrogens is 465 g/mol. The Labute approximate surface area is 193 Å². The molecule has 1 amide bonds. The first-order chi connectivity index (χ1) is 15.8. The van der Waals surface area contributed by atoms with Gasteiger partial charge >= 0.3 is 0 Å². The summed E-state index contributed by atoms with van der Waals surface area (Å²) in [7, 11) is -2.28. The van der Waals surface area contributed by atoms with Gasteiger partial charge in [0.1, 0.15) is 11.6 Å². The molecule has 0 saturated carbocycles. The molecule has 1 aromatic heterocycles. The van der Waals surface area contributed by atoms with E-state index in [1.807, 2.05) is 29.6 Å². The fourth-order valence-electron chi connectivity index (χ4n) is 2.91. The monoisotopic (exact) mass is 483 g/mol. The van der Waals surface area contributed by atoms with Gasteiger partial charge in [0.15, 0.2) is 5.13 Å². The molecule has 1 heterocycles. The maximum atomic E-state index is 13.0. The van der Waals surface area contributed by atoms with Crippen molar-refractivity contribution in [2.24, 2.45) is 0 Å². The molecule has 0 bridgehead atoms. The number of nitrogens with one attached hydrogen (secondary N) is 2. The van der Waals surface area contributed by atoms with Crippen molar-refractivity contribution in [2.75, 3.05) is 17.1 Å². The molecule has 0 radical (unpaired) electrons. The van der Waals surface area contributed by atoms with Gasteiger partial charge in [-0.15, -0.1) is 11.3 Å². The Morgan fingerprint density at radius 3 is 2.27 bits per heavy atom. The van der Waals surface area contributed by atoms with Crippen LogP contribution >= 0.6 is 11.3 Å². The molecule has 0 atom stereocenters. The van der Waals surface area contributed by atoms with E-state index in [9.17, 15) is 17.6 Å². The van der Waals surface area contributed by atoms with E-state index in [0.717, 1.165) is 29.1 Å². The number of amides is 1. The molecule has 0 saturated heterocycles. The van der Waals surface area contributed by atoms with Crippen molar-refractivity contribution in [1.82, 2.24) is 4.98 Å². The van der Waals surface area contributed by atoms with Gasteiger partial charge in [0.2, 0.25) is 0 Å². The SMILES string of the molecule is COc1ccc(-c2csc(NC(=O)c3ccc(NS(=O)(=O)c4ccc(F)cc4)cc3)n2)cc1. The zero-order valence-corrected chi connectivity index (χ0v) is 18.9. The van der Waals surface area contributed by atoms with Gasteiger partial charge in [0, 0.05) is 22.2 Å². The minimum atomic E-state index is -3.87. The molecule has 0 aliphatic carbocycles. The molecular formula is C23H18FN3O4S2. The van der Waals surface area contributed by atoms with E-state index in [1.165, 1.54) is 47.7 Å². The summed E-state index contributed by atoms with van der Waals surface area (Å²) in [6.07, 6.45) is 0. The second-order valence-electron chi connectivity index (χ2n) is 6.86. The van der Waals surface area contributed by atoms with E-state index in [2.05, 4.69) is 15.0 Å². The molecule has 0 aliphatic heterocycles.